The van der Waals surface area contributed by atoms with Gasteiger partial charge < -0.3 is 20.4 Å². The molecule has 1 aliphatic heterocycles. The van der Waals surface area contributed by atoms with Gasteiger partial charge in [-0.25, -0.2) is 0 Å². The number of nitrogens with zero attached hydrogens (tertiary/aromatic N) is 3. The molecule has 0 aromatic rings. The fourth-order valence-electron chi connectivity index (χ4n) is 2.68. The molecule has 1 fully saturated rings. The first-order valence-corrected chi connectivity index (χ1v) is 9.54. The lowest BCUT2D eigenvalue weighted by Crippen LogP contribution is -2.42. The van der Waals surface area contributed by atoms with Gasteiger partial charge in [-0.05, 0) is 47.1 Å². The van der Waals surface area contributed by atoms with Crippen LogP contribution in [0.15, 0.2) is 4.99 Å². The van der Waals surface area contributed by atoms with E-state index in [0.717, 1.165) is 70.9 Å². The monoisotopic (exact) mass is 339 g/mol. The molecular formula is C18H37N5O. The molecule has 0 radical (unpaired) electrons. The maximum Gasteiger partial charge on any atom is 0.222 e. The molecule has 0 bridgehead atoms. The van der Waals surface area contributed by atoms with E-state index in [1.165, 1.54) is 6.42 Å². The number of nitrogens with one attached hydrogen (secondary N) is 2. The van der Waals surface area contributed by atoms with Crippen LogP contribution in [0.25, 0.3) is 0 Å². The molecule has 0 saturated carbocycles. The maximum atomic E-state index is 12.0. The van der Waals surface area contributed by atoms with Crippen molar-refractivity contribution in [3.63, 3.8) is 0 Å². The van der Waals surface area contributed by atoms with Gasteiger partial charge in [0.25, 0.3) is 0 Å². The number of hydrogen-bond donors (Lipinski definition) is 2. The van der Waals surface area contributed by atoms with Gasteiger partial charge in [0.1, 0.15) is 0 Å². The van der Waals surface area contributed by atoms with Crippen molar-refractivity contribution in [2.45, 2.75) is 58.9 Å². The summed E-state index contributed by atoms with van der Waals surface area (Å²) in [6.07, 6.45) is 5.01. The van der Waals surface area contributed by atoms with E-state index in [0.29, 0.717) is 11.9 Å². The second kappa shape index (κ2) is 12.1. The number of carbonyl (C=O) groups excluding carboxylic acids is 1. The predicted molar refractivity (Wildman–Crippen MR) is 101 cm³/mol. The van der Waals surface area contributed by atoms with Gasteiger partial charge in [-0.15, -0.1) is 0 Å². The number of aliphatic imine (C=N–C) groups is 1. The first-order valence-electron chi connectivity index (χ1n) is 9.54. The zero-order valence-electron chi connectivity index (χ0n) is 16.1. The number of amides is 1. The average Bonchev–Trinajstić information content (AvgIpc) is 2.75. The quantitative estimate of drug-likeness (QED) is 0.381. The molecule has 140 valence electrons. The molecule has 0 unspecified atom stereocenters. The lowest BCUT2D eigenvalue weighted by Gasteiger charge is -2.22. The zero-order valence-corrected chi connectivity index (χ0v) is 16.1. The van der Waals surface area contributed by atoms with Crippen LogP contribution in [0.1, 0.15) is 52.9 Å². The van der Waals surface area contributed by atoms with Gasteiger partial charge in [0.05, 0.1) is 0 Å². The second-order valence-electron chi connectivity index (χ2n) is 6.81. The van der Waals surface area contributed by atoms with Crippen LogP contribution < -0.4 is 10.6 Å². The van der Waals surface area contributed by atoms with E-state index in [-0.39, 0.29) is 0 Å². The van der Waals surface area contributed by atoms with Crippen LogP contribution in [0.5, 0.6) is 0 Å². The molecule has 6 heteroatoms. The van der Waals surface area contributed by atoms with Crippen LogP contribution >= 0.6 is 0 Å². The summed E-state index contributed by atoms with van der Waals surface area (Å²) in [5.41, 5.74) is 0. The Morgan fingerprint density at radius 1 is 1.29 bits per heavy atom. The molecule has 24 heavy (non-hydrogen) atoms. The third-order valence-corrected chi connectivity index (χ3v) is 4.51. The topological polar surface area (TPSA) is 60.0 Å². The number of likely N-dealkylation sites (tertiary alicyclic amines) is 1. The summed E-state index contributed by atoms with van der Waals surface area (Å²) in [6, 6.07) is 0.553. The molecule has 1 aliphatic rings. The Morgan fingerprint density at radius 2 is 2.08 bits per heavy atom. The van der Waals surface area contributed by atoms with Gasteiger partial charge in [0.2, 0.25) is 5.91 Å². The van der Waals surface area contributed by atoms with Crippen molar-refractivity contribution in [3.05, 3.63) is 0 Å². The van der Waals surface area contributed by atoms with E-state index in [9.17, 15) is 4.79 Å². The Bertz CT molecular complexity index is 384. The first kappa shape index (κ1) is 20.7. The van der Waals surface area contributed by atoms with E-state index in [1.54, 1.807) is 0 Å². The van der Waals surface area contributed by atoms with Gasteiger partial charge >= 0.3 is 0 Å². The molecule has 6 nitrogen and oxygen atoms in total. The van der Waals surface area contributed by atoms with Gasteiger partial charge in [0, 0.05) is 51.7 Å². The molecule has 1 heterocycles. The van der Waals surface area contributed by atoms with Gasteiger partial charge in [-0.1, -0.05) is 6.42 Å². The molecule has 0 aromatic heterocycles. The Labute approximate surface area is 148 Å². The number of guanidine groups is 1. The standard InChI is InChI=1S/C18H37N5O/c1-5-19-18(21-12-15-22(4)16(2)3)20-11-9-14-23-13-8-6-7-10-17(23)24/h16H,5-15H2,1-4H3,(H2,19,20,21). The summed E-state index contributed by atoms with van der Waals surface area (Å²) >= 11 is 0. The third-order valence-electron chi connectivity index (χ3n) is 4.51. The Balaban J connectivity index is 2.30. The second-order valence-corrected chi connectivity index (χ2v) is 6.81. The third kappa shape index (κ3) is 8.52. The van der Waals surface area contributed by atoms with E-state index in [2.05, 4.69) is 48.3 Å². The van der Waals surface area contributed by atoms with Crippen LogP contribution in [0, 0.1) is 0 Å². The first-order chi connectivity index (χ1) is 11.5. The number of likely N-dealkylation sites (N-methyl/N-ethyl adjacent to an activating group) is 1. The zero-order chi connectivity index (χ0) is 17.8. The molecular weight excluding hydrogens is 302 g/mol. The highest BCUT2D eigenvalue weighted by molar-refractivity contribution is 5.79. The number of hydrogen-bond acceptors (Lipinski definition) is 3. The minimum absolute atomic E-state index is 0.318. The smallest absolute Gasteiger partial charge is 0.222 e. The molecule has 1 rings (SSSR count). The lowest BCUT2D eigenvalue weighted by molar-refractivity contribution is -0.130. The number of carbonyl (C=O) groups is 1. The molecule has 0 aromatic carbocycles. The Morgan fingerprint density at radius 3 is 2.79 bits per heavy atom. The van der Waals surface area contributed by atoms with Crippen molar-refractivity contribution in [1.29, 1.82) is 0 Å². The highest BCUT2D eigenvalue weighted by Gasteiger charge is 2.15. The fraction of sp³-hybridized carbons (Fsp3) is 0.889. The molecule has 0 atom stereocenters. The highest BCUT2D eigenvalue weighted by atomic mass is 16.2. The van der Waals surface area contributed by atoms with E-state index in [4.69, 9.17) is 0 Å². The summed E-state index contributed by atoms with van der Waals surface area (Å²) in [5.74, 6) is 1.19. The molecule has 1 amide bonds. The van der Waals surface area contributed by atoms with E-state index >= 15 is 0 Å². The molecule has 2 N–H and O–H groups in total. The van der Waals surface area contributed by atoms with Crippen molar-refractivity contribution in [3.8, 4) is 0 Å². The van der Waals surface area contributed by atoms with E-state index < -0.39 is 0 Å². The minimum Gasteiger partial charge on any atom is -0.357 e. The van der Waals surface area contributed by atoms with Crippen molar-refractivity contribution in [2.75, 3.05) is 46.3 Å². The van der Waals surface area contributed by atoms with E-state index in [1.807, 2.05) is 4.90 Å². The van der Waals surface area contributed by atoms with Crippen molar-refractivity contribution < 1.29 is 4.79 Å². The lowest BCUT2D eigenvalue weighted by atomic mass is 10.2. The summed E-state index contributed by atoms with van der Waals surface area (Å²) in [7, 11) is 2.13. The maximum absolute atomic E-state index is 12.0. The molecule has 1 saturated heterocycles. The van der Waals surface area contributed by atoms with Crippen LogP contribution in [-0.4, -0.2) is 74.0 Å². The molecule has 0 aliphatic carbocycles. The van der Waals surface area contributed by atoms with Gasteiger partial charge in [-0.2, -0.15) is 0 Å². The SMILES string of the molecule is CCNC(=NCCCN1CCCCCC1=O)NCCN(C)C(C)C. The van der Waals surface area contributed by atoms with Crippen molar-refractivity contribution in [1.82, 2.24) is 20.4 Å². The summed E-state index contributed by atoms with van der Waals surface area (Å²) in [6.45, 7) is 11.7. The number of rotatable bonds is 9. The predicted octanol–water partition coefficient (Wildman–Crippen LogP) is 1.67. The van der Waals surface area contributed by atoms with Crippen LogP contribution in [0.4, 0.5) is 0 Å². The summed E-state index contributed by atoms with van der Waals surface area (Å²) < 4.78 is 0. The minimum atomic E-state index is 0.318. The van der Waals surface area contributed by atoms with Crippen LogP contribution in [0.3, 0.4) is 0 Å². The van der Waals surface area contributed by atoms with Gasteiger partial charge in [-0.3, -0.25) is 9.79 Å². The van der Waals surface area contributed by atoms with Crippen molar-refractivity contribution >= 4 is 11.9 Å². The summed E-state index contributed by atoms with van der Waals surface area (Å²) in [5, 5.41) is 6.66. The fourth-order valence-corrected chi connectivity index (χ4v) is 2.68. The van der Waals surface area contributed by atoms with Crippen molar-refractivity contribution in [2.24, 2.45) is 4.99 Å². The largest absolute Gasteiger partial charge is 0.357 e. The molecule has 0 spiro atoms. The Hall–Kier alpha value is -1.30. The van der Waals surface area contributed by atoms with Crippen LogP contribution in [0.2, 0.25) is 0 Å². The normalized spacial score (nSPS) is 16.7. The Kier molecular flexibility index (Phi) is 10.5. The average molecular weight is 340 g/mol. The summed E-state index contributed by atoms with van der Waals surface area (Å²) in [4.78, 5) is 20.9. The van der Waals surface area contributed by atoms with Crippen LogP contribution in [-0.2, 0) is 4.79 Å². The van der Waals surface area contributed by atoms with Gasteiger partial charge in [0.15, 0.2) is 5.96 Å². The highest BCUT2D eigenvalue weighted by Crippen LogP contribution is 2.11.